The Morgan fingerprint density at radius 2 is 1.01 bits per heavy atom. The summed E-state index contributed by atoms with van der Waals surface area (Å²) in [5, 5.41) is 9.94. The third-order valence-corrected chi connectivity index (χ3v) is 14.3. The molecule has 20 nitrogen and oxygen atoms in total. The second kappa shape index (κ2) is 29.9. The van der Waals surface area contributed by atoms with Gasteiger partial charge < -0.3 is 59.6 Å². The zero-order valence-corrected chi connectivity index (χ0v) is 49.9. The molecule has 8 aromatic rings. The van der Waals surface area contributed by atoms with E-state index in [1.807, 2.05) is 60.7 Å². The van der Waals surface area contributed by atoms with Crippen LogP contribution < -0.4 is 50.1 Å². The third-order valence-electron chi connectivity index (χ3n) is 12.6. The number of nitrogens with one attached hydrogen (secondary N) is 3. The average molecular weight is 1250 g/mol. The molecule has 4 aromatic heterocycles. The molecule has 0 saturated carbocycles. The fraction of sp³-hybridized carbons (Fsp3) is 0.200. The van der Waals surface area contributed by atoms with Crippen molar-refractivity contribution in [1.82, 2.24) is 29.9 Å². The minimum Gasteiger partial charge on any atom is -0.495 e. The van der Waals surface area contributed by atoms with Gasteiger partial charge in [-0.25, -0.2) is 29.9 Å². The number of carbonyl (C=O) groups is 2. The molecule has 2 fully saturated rings. The summed E-state index contributed by atoms with van der Waals surface area (Å²) in [7, 11) is 6.05. The summed E-state index contributed by atoms with van der Waals surface area (Å²) in [5.74, 6) is 3.57. The number of nitrogen functional groups attached to an aromatic ring is 1. The monoisotopic (exact) mass is 1250 g/mol. The van der Waals surface area contributed by atoms with Crippen LogP contribution in [0.2, 0.25) is 20.1 Å². The average Bonchev–Trinajstić information content (AvgIpc) is 3.20. The largest absolute Gasteiger partial charge is 0.495 e. The molecular weight excluding hydrogens is 1200 g/mol. The number of carbonyl (C=O) groups excluding carboxylic acids is 2. The van der Waals surface area contributed by atoms with Gasteiger partial charge in [0, 0.05) is 83.4 Å². The number of halogens is 5. The Labute approximate surface area is 514 Å². The van der Waals surface area contributed by atoms with Crippen LogP contribution in [-0.2, 0) is 31.9 Å². The van der Waals surface area contributed by atoms with Crippen molar-refractivity contribution in [3.8, 4) is 57.0 Å². The molecule has 10 rings (SSSR count). The zero-order chi connectivity index (χ0) is 60.6. The van der Waals surface area contributed by atoms with E-state index in [1.165, 1.54) is 47.2 Å². The molecule has 440 valence electrons. The van der Waals surface area contributed by atoms with Gasteiger partial charge in [0.05, 0.1) is 77.6 Å². The van der Waals surface area contributed by atoms with E-state index in [2.05, 4.69) is 59.0 Å². The number of aromatic nitrogens is 6. The number of allylic oxidation sites excluding steroid dienone is 1. The summed E-state index contributed by atoms with van der Waals surface area (Å²) in [6.45, 7) is 8.90. The van der Waals surface area contributed by atoms with Crippen molar-refractivity contribution in [2.24, 2.45) is 0 Å². The lowest BCUT2D eigenvalue weighted by atomic mass is 10.0. The first-order valence-corrected chi connectivity index (χ1v) is 27.5. The molecule has 25 heteroatoms. The van der Waals surface area contributed by atoms with Crippen molar-refractivity contribution >= 4 is 104 Å². The van der Waals surface area contributed by atoms with E-state index in [9.17, 15) is 9.59 Å². The zero-order valence-electron chi connectivity index (χ0n) is 46.1. The van der Waals surface area contributed by atoms with Crippen LogP contribution in [0, 0.1) is 0 Å². The Hall–Kier alpha value is -8.47. The van der Waals surface area contributed by atoms with Gasteiger partial charge in [-0.1, -0.05) is 71.7 Å². The summed E-state index contributed by atoms with van der Waals surface area (Å²) in [6, 6.07) is 25.6. The van der Waals surface area contributed by atoms with Crippen LogP contribution in [0.5, 0.6) is 34.5 Å². The van der Waals surface area contributed by atoms with Gasteiger partial charge in [-0.2, -0.15) is 0 Å². The van der Waals surface area contributed by atoms with Crippen LogP contribution >= 0.6 is 58.0 Å². The van der Waals surface area contributed by atoms with Gasteiger partial charge in [0.2, 0.25) is 11.1 Å². The molecule has 0 atom stereocenters. The third kappa shape index (κ3) is 16.0. The van der Waals surface area contributed by atoms with E-state index in [-0.39, 0.29) is 28.2 Å². The number of hydrogen-bond acceptors (Lipinski definition) is 19. The maximum Gasteiger partial charge on any atom is 0.247 e. The van der Waals surface area contributed by atoms with Crippen LogP contribution in [-0.4, -0.2) is 108 Å². The van der Waals surface area contributed by atoms with Crippen LogP contribution in [0.15, 0.2) is 135 Å². The Balaban J connectivity index is 0.000000206. The molecule has 2 aliphatic rings. The minimum absolute atomic E-state index is 0.00617. The molecular formula is C60H55Cl5N10O10. The van der Waals surface area contributed by atoms with E-state index in [1.54, 1.807) is 36.7 Å². The lowest BCUT2D eigenvalue weighted by Crippen LogP contribution is -2.38. The van der Waals surface area contributed by atoms with E-state index in [0.717, 1.165) is 34.2 Å². The number of nitrogens with zero attached hydrogens (tertiary/aromatic N) is 6. The second-order valence-electron chi connectivity index (χ2n) is 18.2. The summed E-state index contributed by atoms with van der Waals surface area (Å²) in [5.41, 5.74) is 14.3. The van der Waals surface area contributed by atoms with Crippen molar-refractivity contribution < 1.29 is 47.5 Å². The molecule has 2 saturated heterocycles. The van der Waals surface area contributed by atoms with Crippen LogP contribution in [0.4, 0.5) is 34.4 Å². The fourth-order valence-corrected chi connectivity index (χ4v) is 9.35. The number of hydrogen-bond donors (Lipinski definition) is 4. The molecule has 0 unspecified atom stereocenters. The summed E-state index contributed by atoms with van der Waals surface area (Å²) in [4.78, 5) is 48.5. The Morgan fingerprint density at radius 3 is 1.40 bits per heavy atom. The molecule has 0 radical (unpaired) electrons. The number of amides is 1. The van der Waals surface area contributed by atoms with Crippen LogP contribution in [0.25, 0.3) is 22.5 Å². The molecule has 0 spiro atoms. The lowest BCUT2D eigenvalue weighted by Gasteiger charge is -2.27. The molecule has 2 aliphatic heterocycles. The predicted molar refractivity (Wildman–Crippen MR) is 329 cm³/mol. The Kier molecular flexibility index (Phi) is 22.0. The number of methoxy groups -OCH3 is 4. The van der Waals surface area contributed by atoms with Gasteiger partial charge >= 0.3 is 0 Å². The first kappa shape index (κ1) is 62.6. The van der Waals surface area contributed by atoms with Crippen LogP contribution in [0.3, 0.4) is 0 Å². The Morgan fingerprint density at radius 1 is 0.588 bits per heavy atom. The smallest absolute Gasteiger partial charge is 0.247 e. The van der Waals surface area contributed by atoms with Crippen LogP contribution in [0.1, 0.15) is 22.5 Å². The molecule has 0 aliphatic carbocycles. The quantitative estimate of drug-likeness (QED) is 0.0297. The van der Waals surface area contributed by atoms with Gasteiger partial charge in [0.15, 0.2) is 0 Å². The SMILES string of the molecule is C=CC(=O)Cl.C=CC(=O)Nc1cc(OC2COC2)ccc1Cc1cc(-c2cccnc2Nc2c(Cl)c(OC)cc(OC)c2Cl)ncn1.COc1cc(OC)c(Cl)c(Nc2ncccc2-c2cc(Cc3ccc(OC4COC4)cc3N)ncn2)c1Cl. The number of benzene rings is 4. The normalized spacial score (nSPS) is 12.5. The summed E-state index contributed by atoms with van der Waals surface area (Å²) in [6.07, 6.45) is 9.54. The number of pyridine rings is 2. The summed E-state index contributed by atoms with van der Waals surface area (Å²) < 4.78 is 43.6. The van der Waals surface area contributed by atoms with Crippen molar-refractivity contribution in [2.45, 2.75) is 25.0 Å². The lowest BCUT2D eigenvalue weighted by molar-refractivity contribution is -0.112. The molecule has 0 bridgehead atoms. The number of ether oxygens (including phenoxy) is 8. The maximum atomic E-state index is 12.2. The highest BCUT2D eigenvalue weighted by molar-refractivity contribution is 6.66. The van der Waals surface area contributed by atoms with Gasteiger partial charge in [0.25, 0.3) is 0 Å². The first-order chi connectivity index (χ1) is 41.1. The van der Waals surface area contributed by atoms with Gasteiger partial charge in [-0.05, 0) is 83.4 Å². The Bertz CT molecular complexity index is 3670. The topological polar surface area (TPSA) is 247 Å². The maximum absolute atomic E-state index is 12.2. The standard InChI is InChI=1S/C30H27Cl2N5O5.C27H25Cl2N5O4.C3H3ClO/c1-4-26(38)36-22-12-19(42-20-14-41-15-20)8-7-17(22)10-18-11-23(35-16-34-18)21-6-5-9-33-30(21)37-29-27(31)24(39-2)13-25(40-3)28(29)32;1-35-22-11-23(36-2)25(29)26(24(22)28)34-27-19(4-3-7-31-27)21-9-16(32-14-33-21)8-15-5-6-17(10-20(15)30)38-18-12-37-13-18;1-2-3(4)5/h4-9,11-13,16,20H,1,10,14-15H2,2-3H3,(H,33,37)(H,36,38);3-7,9-11,14,18H,8,12-13,30H2,1-2H3,(H,31,34);2H,1H2. The number of rotatable bonds is 21. The highest BCUT2D eigenvalue weighted by atomic mass is 35.5. The number of anilines is 6. The minimum atomic E-state index is -0.509. The number of nitrogens with two attached hydrogens (primary N) is 1. The molecule has 1 amide bonds. The van der Waals surface area contributed by atoms with Gasteiger partial charge in [0.1, 0.15) is 91.1 Å². The molecule has 5 N–H and O–H groups in total. The van der Waals surface area contributed by atoms with Gasteiger partial charge in [-0.3, -0.25) is 9.59 Å². The fourth-order valence-electron chi connectivity index (χ4n) is 8.16. The first-order valence-electron chi connectivity index (χ1n) is 25.7. The highest BCUT2D eigenvalue weighted by Gasteiger charge is 2.24. The van der Waals surface area contributed by atoms with Crippen molar-refractivity contribution in [3.63, 3.8) is 0 Å². The van der Waals surface area contributed by atoms with E-state index < -0.39 is 5.24 Å². The predicted octanol–water partition coefficient (Wildman–Crippen LogP) is 12.6. The molecule has 6 heterocycles. The van der Waals surface area contributed by atoms with Gasteiger partial charge in [-0.15, -0.1) is 0 Å². The second-order valence-corrected chi connectivity index (χ2v) is 20.1. The van der Waals surface area contributed by atoms with E-state index >= 15 is 0 Å². The van der Waals surface area contributed by atoms with Crippen molar-refractivity contribution in [1.29, 1.82) is 0 Å². The summed E-state index contributed by atoms with van der Waals surface area (Å²) >= 11 is 31.0. The molecule has 4 aromatic carbocycles. The highest BCUT2D eigenvalue weighted by Crippen LogP contribution is 2.47. The van der Waals surface area contributed by atoms with Crippen molar-refractivity contribution in [2.75, 3.05) is 76.6 Å². The van der Waals surface area contributed by atoms with E-state index in [4.69, 9.17) is 102 Å². The molecule has 85 heavy (non-hydrogen) atoms. The van der Waals surface area contributed by atoms with Crippen molar-refractivity contribution in [3.05, 3.63) is 178 Å². The van der Waals surface area contributed by atoms with E-state index in [0.29, 0.717) is 135 Å².